The number of nitriles is 1. The Hall–Kier alpha value is -2.09. The fourth-order valence-electron chi connectivity index (χ4n) is 1.29. The second kappa shape index (κ2) is 5.71. The molecule has 0 bridgehead atoms. The summed E-state index contributed by atoms with van der Waals surface area (Å²) in [5.41, 5.74) is 0.907. The Morgan fingerprint density at radius 3 is 2.88 bits per heavy atom. The number of nitro groups is 1. The van der Waals surface area contributed by atoms with E-state index in [4.69, 9.17) is 5.26 Å². The molecule has 0 radical (unpaired) electrons. The van der Waals surface area contributed by atoms with Crippen LogP contribution < -0.4 is 5.32 Å². The molecule has 0 amide bonds. The molecule has 0 saturated heterocycles. The highest BCUT2D eigenvalue weighted by atomic mass is 16.6. The lowest BCUT2D eigenvalue weighted by atomic mass is 10.1. The van der Waals surface area contributed by atoms with Gasteiger partial charge in [0, 0.05) is 18.7 Å². The molecule has 0 aliphatic carbocycles. The number of non-ortho nitro benzene ring substituents is 1. The summed E-state index contributed by atoms with van der Waals surface area (Å²) in [7, 11) is 0. The molecule has 1 aromatic carbocycles. The molecule has 16 heavy (non-hydrogen) atoms. The van der Waals surface area contributed by atoms with Crippen LogP contribution in [-0.4, -0.2) is 11.5 Å². The van der Waals surface area contributed by atoms with Crippen LogP contribution in [0.1, 0.15) is 25.3 Å². The van der Waals surface area contributed by atoms with E-state index in [-0.39, 0.29) is 5.69 Å². The summed E-state index contributed by atoms with van der Waals surface area (Å²) >= 11 is 0. The highest BCUT2D eigenvalue weighted by molar-refractivity contribution is 5.61. The van der Waals surface area contributed by atoms with Gasteiger partial charge in [-0.25, -0.2) is 0 Å². The average Bonchev–Trinajstić information content (AvgIpc) is 2.29. The third-order valence-electron chi connectivity index (χ3n) is 2.18. The number of unbranched alkanes of at least 4 members (excludes halogenated alkanes) is 1. The van der Waals surface area contributed by atoms with Crippen molar-refractivity contribution in [3.05, 3.63) is 33.9 Å². The maximum absolute atomic E-state index is 10.5. The lowest BCUT2D eigenvalue weighted by Gasteiger charge is -2.06. The van der Waals surface area contributed by atoms with Crippen LogP contribution in [0.3, 0.4) is 0 Å². The molecule has 0 unspecified atom stereocenters. The molecule has 1 rings (SSSR count). The molecule has 0 fully saturated rings. The van der Waals surface area contributed by atoms with Gasteiger partial charge in [-0.2, -0.15) is 5.26 Å². The van der Waals surface area contributed by atoms with Crippen molar-refractivity contribution < 1.29 is 4.92 Å². The van der Waals surface area contributed by atoms with Crippen molar-refractivity contribution in [1.82, 2.24) is 0 Å². The minimum atomic E-state index is -0.503. The lowest BCUT2D eigenvalue weighted by molar-refractivity contribution is -0.384. The Balaban J connectivity index is 2.86. The van der Waals surface area contributed by atoms with E-state index in [0.717, 1.165) is 19.4 Å². The smallest absolute Gasteiger partial charge is 0.270 e. The topological polar surface area (TPSA) is 79.0 Å². The minimum Gasteiger partial charge on any atom is -0.384 e. The van der Waals surface area contributed by atoms with Crippen molar-refractivity contribution in [2.24, 2.45) is 0 Å². The highest BCUT2D eigenvalue weighted by Crippen LogP contribution is 2.21. The number of nitrogens with zero attached hydrogens (tertiary/aromatic N) is 2. The first kappa shape index (κ1) is 12.0. The number of hydrogen-bond acceptors (Lipinski definition) is 4. The molecular weight excluding hydrogens is 206 g/mol. The zero-order valence-electron chi connectivity index (χ0n) is 9.06. The van der Waals surface area contributed by atoms with Gasteiger partial charge in [-0.3, -0.25) is 10.1 Å². The van der Waals surface area contributed by atoms with Gasteiger partial charge in [-0.1, -0.05) is 13.3 Å². The van der Waals surface area contributed by atoms with Crippen LogP contribution in [0.4, 0.5) is 11.4 Å². The molecule has 1 N–H and O–H groups in total. The molecule has 0 aliphatic rings. The number of hydrogen-bond donors (Lipinski definition) is 1. The molecule has 1 aromatic rings. The Morgan fingerprint density at radius 2 is 2.31 bits per heavy atom. The van der Waals surface area contributed by atoms with Crippen LogP contribution in [-0.2, 0) is 0 Å². The van der Waals surface area contributed by atoms with Gasteiger partial charge >= 0.3 is 0 Å². The molecule has 0 atom stereocenters. The Labute approximate surface area is 93.9 Å². The van der Waals surface area contributed by atoms with E-state index in [1.807, 2.05) is 6.07 Å². The first-order chi connectivity index (χ1) is 7.69. The van der Waals surface area contributed by atoms with Gasteiger partial charge in [0.05, 0.1) is 16.2 Å². The van der Waals surface area contributed by atoms with Crippen LogP contribution in [0.25, 0.3) is 0 Å². The number of anilines is 1. The van der Waals surface area contributed by atoms with Gasteiger partial charge in [0.2, 0.25) is 0 Å². The van der Waals surface area contributed by atoms with Crippen molar-refractivity contribution in [2.45, 2.75) is 19.8 Å². The summed E-state index contributed by atoms with van der Waals surface area (Å²) in [5.74, 6) is 0. The predicted octanol–water partition coefficient (Wildman–Crippen LogP) is 2.68. The third kappa shape index (κ3) is 2.95. The number of nitrogens with one attached hydrogen (secondary N) is 1. The van der Waals surface area contributed by atoms with E-state index < -0.39 is 4.92 Å². The lowest BCUT2D eigenvalue weighted by Crippen LogP contribution is -2.03. The van der Waals surface area contributed by atoms with E-state index in [0.29, 0.717) is 11.3 Å². The summed E-state index contributed by atoms with van der Waals surface area (Å²) in [4.78, 5) is 10.0. The Kier molecular flexibility index (Phi) is 4.28. The third-order valence-corrected chi connectivity index (χ3v) is 2.18. The number of nitro benzene ring substituents is 1. The number of rotatable bonds is 5. The van der Waals surface area contributed by atoms with E-state index in [1.54, 1.807) is 6.07 Å². The summed E-state index contributed by atoms with van der Waals surface area (Å²) in [5, 5.41) is 22.5. The molecule has 0 aliphatic heterocycles. The highest BCUT2D eigenvalue weighted by Gasteiger charge is 2.09. The van der Waals surface area contributed by atoms with Gasteiger partial charge in [0.25, 0.3) is 5.69 Å². The fourth-order valence-corrected chi connectivity index (χ4v) is 1.29. The molecule has 84 valence electrons. The first-order valence-corrected chi connectivity index (χ1v) is 5.11. The SMILES string of the molecule is CCCCNc1ccc([N+](=O)[O-])cc1C#N. The molecule has 5 heteroatoms. The van der Waals surface area contributed by atoms with E-state index in [1.165, 1.54) is 12.1 Å². The van der Waals surface area contributed by atoms with Gasteiger partial charge in [0.15, 0.2) is 0 Å². The predicted molar refractivity (Wildman–Crippen MR) is 61.2 cm³/mol. The Morgan fingerprint density at radius 1 is 1.56 bits per heavy atom. The molecule has 0 saturated carbocycles. The van der Waals surface area contributed by atoms with Gasteiger partial charge in [-0.05, 0) is 12.5 Å². The van der Waals surface area contributed by atoms with Crippen LogP contribution >= 0.6 is 0 Å². The zero-order chi connectivity index (χ0) is 12.0. The van der Waals surface area contributed by atoms with E-state index >= 15 is 0 Å². The Bertz CT molecular complexity index is 424. The summed E-state index contributed by atoms with van der Waals surface area (Å²) < 4.78 is 0. The normalized spacial score (nSPS) is 9.50. The van der Waals surface area contributed by atoms with Crippen LogP contribution in [0.15, 0.2) is 18.2 Å². The van der Waals surface area contributed by atoms with E-state index in [9.17, 15) is 10.1 Å². The van der Waals surface area contributed by atoms with Crippen molar-refractivity contribution in [3.8, 4) is 6.07 Å². The summed E-state index contributed by atoms with van der Waals surface area (Å²) in [6.45, 7) is 2.84. The number of benzene rings is 1. The minimum absolute atomic E-state index is 0.0578. The average molecular weight is 219 g/mol. The molecule has 0 spiro atoms. The maximum Gasteiger partial charge on any atom is 0.270 e. The molecule has 5 nitrogen and oxygen atoms in total. The van der Waals surface area contributed by atoms with Crippen LogP contribution in [0.5, 0.6) is 0 Å². The van der Waals surface area contributed by atoms with Crippen molar-refractivity contribution in [2.75, 3.05) is 11.9 Å². The van der Waals surface area contributed by atoms with Crippen molar-refractivity contribution in [1.29, 1.82) is 5.26 Å². The maximum atomic E-state index is 10.5. The van der Waals surface area contributed by atoms with E-state index in [2.05, 4.69) is 12.2 Å². The van der Waals surface area contributed by atoms with Crippen molar-refractivity contribution >= 4 is 11.4 Å². The summed E-state index contributed by atoms with van der Waals surface area (Å²) in [6.07, 6.45) is 2.06. The molecule has 0 aromatic heterocycles. The molecule has 0 heterocycles. The second-order valence-electron chi connectivity index (χ2n) is 3.38. The largest absolute Gasteiger partial charge is 0.384 e. The molecular formula is C11H13N3O2. The monoisotopic (exact) mass is 219 g/mol. The first-order valence-electron chi connectivity index (χ1n) is 5.11. The van der Waals surface area contributed by atoms with Crippen LogP contribution in [0.2, 0.25) is 0 Å². The van der Waals surface area contributed by atoms with Crippen LogP contribution in [0, 0.1) is 21.4 Å². The van der Waals surface area contributed by atoms with Gasteiger partial charge < -0.3 is 5.32 Å². The summed E-state index contributed by atoms with van der Waals surface area (Å²) in [6, 6.07) is 6.21. The zero-order valence-corrected chi connectivity index (χ0v) is 9.06. The second-order valence-corrected chi connectivity index (χ2v) is 3.38. The van der Waals surface area contributed by atoms with Gasteiger partial charge in [-0.15, -0.1) is 0 Å². The van der Waals surface area contributed by atoms with Gasteiger partial charge in [0.1, 0.15) is 6.07 Å². The fraction of sp³-hybridized carbons (Fsp3) is 0.364. The standard InChI is InChI=1S/C11H13N3O2/c1-2-3-6-13-11-5-4-10(14(15)16)7-9(11)8-12/h4-5,7,13H,2-3,6H2,1H3. The van der Waals surface area contributed by atoms with Crippen molar-refractivity contribution in [3.63, 3.8) is 0 Å². The quantitative estimate of drug-likeness (QED) is 0.469.